The number of imide groups is 4. The van der Waals surface area contributed by atoms with Gasteiger partial charge in [-0.1, -0.05) is 100 Å². The minimum Gasteiger partial charge on any atom is -0.508 e. The molecule has 90 heavy (non-hydrogen) atoms. The zero-order valence-corrected chi connectivity index (χ0v) is 48.6. The second-order valence-corrected chi connectivity index (χ2v) is 23.2. The van der Waals surface area contributed by atoms with Crippen molar-refractivity contribution in [1.29, 1.82) is 0 Å². The Hall–Kier alpha value is -12.0. The molecule has 0 aromatic heterocycles. The predicted molar refractivity (Wildman–Crippen MR) is 335 cm³/mol. The first-order valence-electron chi connectivity index (χ1n) is 28.7. The van der Waals surface area contributed by atoms with Crippen LogP contribution in [0, 0.1) is 0 Å². The molecule has 0 spiro atoms. The van der Waals surface area contributed by atoms with E-state index < -0.39 is 52.7 Å². The molecule has 16 heteroatoms. The molecule has 10 aromatic rings. The maximum atomic E-state index is 14.1. The van der Waals surface area contributed by atoms with E-state index in [1.807, 2.05) is 84.9 Å². The highest BCUT2D eigenvalue weighted by molar-refractivity contribution is 6.38. The quantitative estimate of drug-likeness (QED) is 0.101. The van der Waals surface area contributed by atoms with Crippen LogP contribution in [0.4, 0.5) is 22.7 Å². The number of phenols is 1. The van der Waals surface area contributed by atoms with Crippen molar-refractivity contribution in [2.24, 2.45) is 0 Å². The minimum absolute atomic E-state index is 0.117. The van der Waals surface area contributed by atoms with E-state index in [1.54, 1.807) is 91.0 Å². The third-order valence-electron chi connectivity index (χ3n) is 17.1. The zero-order chi connectivity index (χ0) is 62.5. The summed E-state index contributed by atoms with van der Waals surface area (Å²) in [7, 11) is 0. The summed E-state index contributed by atoms with van der Waals surface area (Å²) in [5.74, 6) is -1.81. The number of fused-ring (bicyclic) bond motifs is 4. The fourth-order valence-corrected chi connectivity index (χ4v) is 12.0. The zero-order valence-electron chi connectivity index (χ0n) is 48.6. The van der Waals surface area contributed by atoms with E-state index in [4.69, 9.17) is 14.2 Å². The molecule has 0 saturated carbocycles. The summed E-state index contributed by atoms with van der Waals surface area (Å²) in [6.07, 6.45) is 0. The van der Waals surface area contributed by atoms with E-state index in [-0.39, 0.29) is 78.4 Å². The molecule has 14 rings (SSSR count). The molecule has 4 aliphatic heterocycles. The summed E-state index contributed by atoms with van der Waals surface area (Å²) in [5.41, 5.74) is 5.31. The molecule has 0 saturated heterocycles. The van der Waals surface area contributed by atoms with E-state index in [0.717, 1.165) is 41.9 Å². The van der Waals surface area contributed by atoms with E-state index >= 15 is 0 Å². The topological polar surface area (TPSA) is 197 Å². The van der Waals surface area contributed by atoms with Gasteiger partial charge in [-0.15, -0.1) is 0 Å². The highest BCUT2D eigenvalue weighted by atomic mass is 16.5. The average Bonchev–Trinajstić information content (AvgIpc) is 1.65. The molecular formula is C74H50N4O12. The number of hydrogen-bond donors (Lipinski definition) is 1. The van der Waals surface area contributed by atoms with Gasteiger partial charge in [-0.2, -0.15) is 0 Å². The number of anilines is 4. The van der Waals surface area contributed by atoms with Crippen LogP contribution in [0.3, 0.4) is 0 Å². The van der Waals surface area contributed by atoms with Gasteiger partial charge >= 0.3 is 0 Å². The second kappa shape index (κ2) is 21.1. The molecule has 4 heterocycles. The van der Waals surface area contributed by atoms with Crippen molar-refractivity contribution in [2.75, 3.05) is 19.6 Å². The van der Waals surface area contributed by atoms with Crippen molar-refractivity contribution < 1.29 is 57.7 Å². The molecule has 0 radical (unpaired) electrons. The molecule has 10 aromatic carbocycles. The predicted octanol–water partition coefficient (Wildman–Crippen LogP) is 14.6. The normalized spacial score (nSPS) is 14.4. The van der Waals surface area contributed by atoms with E-state index in [1.165, 1.54) is 48.5 Å². The number of benzene rings is 10. The van der Waals surface area contributed by atoms with Crippen LogP contribution in [-0.2, 0) is 10.8 Å². The Kier molecular flexibility index (Phi) is 13.1. The van der Waals surface area contributed by atoms with Gasteiger partial charge in [0.25, 0.3) is 47.3 Å². The summed E-state index contributed by atoms with van der Waals surface area (Å²) < 4.78 is 18.6. The van der Waals surface area contributed by atoms with Gasteiger partial charge in [0.1, 0.15) is 40.2 Å². The number of hydrogen-bond acceptors (Lipinski definition) is 12. The van der Waals surface area contributed by atoms with Gasteiger partial charge in [-0.05, 0) is 174 Å². The number of nitrogens with zero attached hydrogens (tertiary/aromatic N) is 4. The van der Waals surface area contributed by atoms with Crippen LogP contribution >= 0.6 is 0 Å². The lowest BCUT2D eigenvalue weighted by Crippen LogP contribution is -2.31. The molecule has 16 nitrogen and oxygen atoms in total. The molecule has 0 aliphatic carbocycles. The van der Waals surface area contributed by atoms with Crippen LogP contribution in [0.15, 0.2) is 224 Å². The lowest BCUT2D eigenvalue weighted by molar-refractivity contribution is 0.0908. The lowest BCUT2D eigenvalue weighted by atomic mass is 9.78. The van der Waals surface area contributed by atoms with Crippen molar-refractivity contribution in [1.82, 2.24) is 0 Å². The number of ether oxygens (including phenoxy) is 3. The number of carbonyl (C=O) groups is 8. The second-order valence-electron chi connectivity index (χ2n) is 23.2. The number of amides is 8. The molecule has 1 N–H and O–H groups in total. The van der Waals surface area contributed by atoms with Gasteiger partial charge in [0.05, 0.1) is 67.3 Å². The first-order chi connectivity index (χ1) is 43.3. The minimum atomic E-state index is -0.609. The molecule has 0 unspecified atom stereocenters. The number of phenolic OH excluding ortho intramolecular Hbond substituents is 1. The number of carbonyl (C=O) groups excluding carboxylic acids is 8. The summed E-state index contributed by atoms with van der Waals surface area (Å²) in [6, 6.07) is 62.5. The fraction of sp³-hybridized carbons (Fsp3) is 0.0811. The molecule has 8 amide bonds. The van der Waals surface area contributed by atoms with Crippen molar-refractivity contribution >= 4 is 70.0 Å². The van der Waals surface area contributed by atoms with Crippen molar-refractivity contribution in [2.45, 2.75) is 38.5 Å². The van der Waals surface area contributed by atoms with Crippen molar-refractivity contribution in [3.8, 4) is 40.2 Å². The highest BCUT2D eigenvalue weighted by Gasteiger charge is 2.42. The standard InChI is InChI=1S/C74H50N4O12/c1-73(2,42-15-23-50(79)24-16-42)43-17-25-51(26-18-43)88-54-32-35-60-63(40-54)71(86)77(68(60)83)48-11-8-12-49(38-48)78-69(84)61-36-33-56(41-64(61)72(78)87)90-53-29-21-45(22-30-53)74(3,4)44-19-27-52(28-20-44)89-55-31-34-59-62(39-55)70(85)76(67(59)82)47-10-7-9-46(37-47)75-65(80)57-13-5-6-14-58(57)66(75)81/h5-41,79H,1-4H3. The Bertz CT molecular complexity index is 4730. The van der Waals surface area contributed by atoms with Crippen LogP contribution in [0.5, 0.6) is 40.2 Å². The summed E-state index contributed by atoms with van der Waals surface area (Å²) >= 11 is 0. The monoisotopic (exact) mass is 1190 g/mol. The highest BCUT2D eigenvalue weighted by Crippen LogP contribution is 2.42. The third kappa shape index (κ3) is 9.32. The van der Waals surface area contributed by atoms with Crippen LogP contribution in [0.2, 0.25) is 0 Å². The van der Waals surface area contributed by atoms with Crippen LogP contribution in [-0.4, -0.2) is 52.4 Å². The third-order valence-corrected chi connectivity index (χ3v) is 17.1. The molecule has 4 aliphatic rings. The summed E-state index contributed by atoms with van der Waals surface area (Å²) in [5, 5.41) is 9.78. The Labute approximate surface area is 514 Å². The Morgan fingerprint density at radius 3 is 0.767 bits per heavy atom. The molecule has 438 valence electrons. The van der Waals surface area contributed by atoms with Gasteiger partial charge in [0, 0.05) is 10.8 Å². The molecule has 0 fully saturated rings. The van der Waals surface area contributed by atoms with Crippen LogP contribution in [0.25, 0.3) is 0 Å². The summed E-state index contributed by atoms with van der Waals surface area (Å²) in [4.78, 5) is 114. The molecule has 0 bridgehead atoms. The van der Waals surface area contributed by atoms with Crippen molar-refractivity contribution in [3.63, 3.8) is 0 Å². The maximum Gasteiger partial charge on any atom is 0.266 e. The Balaban J connectivity index is 0.605. The number of rotatable bonds is 14. The van der Waals surface area contributed by atoms with Gasteiger partial charge < -0.3 is 19.3 Å². The van der Waals surface area contributed by atoms with Gasteiger partial charge in [0.2, 0.25) is 0 Å². The molecular weight excluding hydrogens is 1140 g/mol. The van der Waals surface area contributed by atoms with Gasteiger partial charge in [0.15, 0.2) is 0 Å². The molecule has 0 atom stereocenters. The Morgan fingerprint density at radius 1 is 0.256 bits per heavy atom. The van der Waals surface area contributed by atoms with Crippen LogP contribution < -0.4 is 33.8 Å². The maximum absolute atomic E-state index is 14.1. The van der Waals surface area contributed by atoms with Gasteiger partial charge in [-0.25, -0.2) is 19.6 Å². The average molecular weight is 1190 g/mol. The first kappa shape index (κ1) is 55.8. The van der Waals surface area contributed by atoms with E-state index in [2.05, 4.69) is 27.7 Å². The van der Waals surface area contributed by atoms with Crippen LogP contribution in [0.1, 0.15) is 133 Å². The smallest absolute Gasteiger partial charge is 0.266 e. The van der Waals surface area contributed by atoms with Gasteiger partial charge in [-0.3, -0.25) is 38.4 Å². The SMILES string of the molecule is CC(C)(c1ccc(O)cc1)c1ccc(Oc2ccc3c(c2)C(=O)N(c2cccc(N4C(=O)c5ccc(Oc6ccc(C(C)(C)c7ccc(Oc8ccc9c(c8)C(=O)N(c8cccc(N%10C(=O)c%11ccccc%11C%10=O)c8)C9=O)cc7)cc6)cc5C4=O)c2)C3=O)cc1. The summed E-state index contributed by atoms with van der Waals surface area (Å²) in [6.45, 7) is 8.32. The Morgan fingerprint density at radius 2 is 0.489 bits per heavy atom. The largest absolute Gasteiger partial charge is 0.508 e. The van der Waals surface area contributed by atoms with E-state index in [0.29, 0.717) is 34.5 Å². The first-order valence-corrected chi connectivity index (χ1v) is 28.7. The van der Waals surface area contributed by atoms with Crippen molar-refractivity contribution in [3.05, 3.63) is 291 Å². The fourth-order valence-electron chi connectivity index (χ4n) is 12.0. The number of aromatic hydroxyl groups is 1. The lowest BCUT2D eigenvalue weighted by Gasteiger charge is -2.26. The van der Waals surface area contributed by atoms with E-state index in [9.17, 15) is 43.5 Å².